The van der Waals surface area contributed by atoms with E-state index in [1.165, 1.54) is 6.20 Å². The van der Waals surface area contributed by atoms with Crippen LogP contribution < -0.4 is 16.6 Å². The number of benzene rings is 1. The van der Waals surface area contributed by atoms with E-state index in [2.05, 4.69) is 25.6 Å². The van der Waals surface area contributed by atoms with E-state index in [-0.39, 0.29) is 29.9 Å². The quantitative estimate of drug-likeness (QED) is 0.432. The second kappa shape index (κ2) is 7.97. The average molecular weight is 442 g/mol. The summed E-state index contributed by atoms with van der Waals surface area (Å²) in [5.74, 6) is -0.323. The fraction of sp³-hybridized carbons (Fsp3) is 0.250. The first-order valence-electron chi connectivity index (χ1n) is 8.45. The van der Waals surface area contributed by atoms with Gasteiger partial charge in [0.25, 0.3) is 0 Å². The average Bonchev–Trinajstić information content (AvgIpc) is 3.18. The van der Waals surface area contributed by atoms with E-state index < -0.39 is 26.7 Å². The first kappa shape index (κ1) is 21.6. The number of aromatic amines is 1. The van der Waals surface area contributed by atoms with Crippen LogP contribution >= 0.6 is 0 Å². The molecule has 0 atom stereocenters. The molecule has 30 heavy (non-hydrogen) atoms. The predicted octanol–water partition coefficient (Wildman–Crippen LogP) is 0.754. The maximum Gasteiger partial charge on any atom is 0.417 e. The van der Waals surface area contributed by atoms with Gasteiger partial charge in [-0.2, -0.15) is 18.4 Å². The molecule has 0 bridgehead atoms. The first-order chi connectivity index (χ1) is 14.0. The molecule has 14 heteroatoms. The minimum Gasteiger partial charge on any atom is -0.397 e. The number of halogens is 3. The number of nitrogen functional groups attached to an aromatic ring is 1. The number of sulfonamides is 1. The van der Waals surface area contributed by atoms with Crippen molar-refractivity contribution in [1.82, 2.24) is 25.6 Å². The summed E-state index contributed by atoms with van der Waals surface area (Å²) in [6, 6.07) is 3.48. The number of hydrogen-bond acceptors (Lipinski definition) is 8. The standard InChI is InChI=1S/C16H17F3N8O2S/c17-16(18,19)10-4-3-9(2-1-8-5-11(21)12(6-20)23-7-8)13(14(10)30(22,28)29)15-24-26-27-25-15/h3-5,7H,1-2,6,20-21H2,(H2,22,28,29)(H,24,25,26,27). The van der Waals surface area contributed by atoms with Gasteiger partial charge in [0.05, 0.1) is 16.9 Å². The normalized spacial score (nSPS) is 12.3. The van der Waals surface area contributed by atoms with Gasteiger partial charge in [0.15, 0.2) is 0 Å². The van der Waals surface area contributed by atoms with E-state index in [1.807, 2.05) is 0 Å². The van der Waals surface area contributed by atoms with Gasteiger partial charge in [-0.05, 0) is 41.3 Å². The molecule has 0 radical (unpaired) electrons. The molecule has 160 valence electrons. The van der Waals surface area contributed by atoms with Crippen molar-refractivity contribution in [3.63, 3.8) is 0 Å². The third kappa shape index (κ3) is 4.39. The second-order valence-corrected chi connectivity index (χ2v) is 7.84. The molecule has 0 amide bonds. The van der Waals surface area contributed by atoms with Crippen molar-refractivity contribution in [3.8, 4) is 11.4 Å². The highest BCUT2D eigenvalue weighted by Gasteiger charge is 2.39. The Kier molecular flexibility index (Phi) is 5.74. The fourth-order valence-electron chi connectivity index (χ4n) is 3.01. The Morgan fingerprint density at radius 3 is 2.43 bits per heavy atom. The van der Waals surface area contributed by atoms with Crippen LogP contribution in [0.4, 0.5) is 18.9 Å². The van der Waals surface area contributed by atoms with Crippen LogP contribution in [-0.4, -0.2) is 34.0 Å². The highest BCUT2D eigenvalue weighted by Crippen LogP contribution is 2.40. The van der Waals surface area contributed by atoms with Crippen LogP contribution in [0.2, 0.25) is 0 Å². The number of aryl methyl sites for hydroxylation is 2. The van der Waals surface area contributed by atoms with Gasteiger partial charge in [-0.1, -0.05) is 6.07 Å². The molecule has 0 saturated carbocycles. The summed E-state index contributed by atoms with van der Waals surface area (Å²) < 4.78 is 64.7. The molecule has 3 rings (SSSR count). The Balaban J connectivity index is 2.12. The van der Waals surface area contributed by atoms with Crippen LogP contribution in [0.5, 0.6) is 0 Å². The molecular weight excluding hydrogens is 425 g/mol. The number of anilines is 1. The number of aromatic nitrogens is 5. The van der Waals surface area contributed by atoms with Crippen molar-refractivity contribution in [1.29, 1.82) is 0 Å². The van der Waals surface area contributed by atoms with Crippen molar-refractivity contribution in [2.75, 3.05) is 5.73 Å². The fourth-order valence-corrected chi connectivity index (χ4v) is 4.00. The predicted molar refractivity (Wildman–Crippen MR) is 99.9 cm³/mol. The number of H-pyrrole nitrogens is 1. The zero-order valence-electron chi connectivity index (χ0n) is 15.3. The van der Waals surface area contributed by atoms with Gasteiger partial charge in [-0.15, -0.1) is 10.2 Å². The lowest BCUT2D eigenvalue weighted by Crippen LogP contribution is -2.21. The third-order valence-electron chi connectivity index (χ3n) is 4.34. The molecule has 3 aromatic rings. The molecule has 0 spiro atoms. The number of primary sulfonamides is 1. The molecule has 10 nitrogen and oxygen atoms in total. The Morgan fingerprint density at radius 2 is 1.90 bits per heavy atom. The molecular formula is C16H17F3N8O2S. The Bertz CT molecular complexity index is 1160. The topological polar surface area (TPSA) is 180 Å². The van der Waals surface area contributed by atoms with Gasteiger partial charge in [-0.25, -0.2) is 13.6 Å². The summed E-state index contributed by atoms with van der Waals surface area (Å²) in [5, 5.41) is 17.9. The summed E-state index contributed by atoms with van der Waals surface area (Å²) in [7, 11) is -4.78. The summed E-state index contributed by atoms with van der Waals surface area (Å²) in [6.45, 7) is 0.157. The lowest BCUT2D eigenvalue weighted by Gasteiger charge is -2.17. The van der Waals surface area contributed by atoms with Gasteiger partial charge in [0.2, 0.25) is 15.8 Å². The van der Waals surface area contributed by atoms with E-state index in [1.54, 1.807) is 6.07 Å². The van der Waals surface area contributed by atoms with Crippen molar-refractivity contribution in [2.45, 2.75) is 30.5 Å². The minimum absolute atomic E-state index is 0.133. The highest BCUT2D eigenvalue weighted by atomic mass is 32.2. The Morgan fingerprint density at radius 1 is 1.17 bits per heavy atom. The molecule has 0 aliphatic heterocycles. The molecule has 2 aromatic heterocycles. The maximum atomic E-state index is 13.5. The van der Waals surface area contributed by atoms with Gasteiger partial charge in [0.1, 0.15) is 4.90 Å². The summed E-state index contributed by atoms with van der Waals surface area (Å²) in [4.78, 5) is 3.02. The van der Waals surface area contributed by atoms with E-state index >= 15 is 0 Å². The number of nitrogens with zero attached hydrogens (tertiary/aromatic N) is 4. The van der Waals surface area contributed by atoms with Crippen molar-refractivity contribution in [3.05, 3.63) is 46.8 Å². The smallest absolute Gasteiger partial charge is 0.397 e. The van der Waals surface area contributed by atoms with Crippen LogP contribution in [0, 0.1) is 0 Å². The van der Waals surface area contributed by atoms with E-state index in [0.29, 0.717) is 29.4 Å². The molecule has 0 unspecified atom stereocenters. The van der Waals surface area contributed by atoms with Crippen LogP contribution in [0.3, 0.4) is 0 Å². The van der Waals surface area contributed by atoms with E-state index in [4.69, 9.17) is 16.6 Å². The van der Waals surface area contributed by atoms with Gasteiger partial charge in [0, 0.05) is 18.3 Å². The molecule has 0 saturated heterocycles. The van der Waals surface area contributed by atoms with E-state index in [0.717, 1.165) is 6.07 Å². The molecule has 0 aliphatic rings. The second-order valence-electron chi connectivity index (χ2n) is 6.34. The number of pyridine rings is 1. The van der Waals surface area contributed by atoms with Crippen LogP contribution in [-0.2, 0) is 35.6 Å². The molecule has 0 aliphatic carbocycles. The SMILES string of the molecule is NCc1ncc(CCc2ccc(C(F)(F)F)c(S(N)(=O)=O)c2-c2nn[nH]n2)cc1N. The number of alkyl halides is 3. The molecule has 7 N–H and O–H groups in total. The van der Waals surface area contributed by atoms with E-state index in [9.17, 15) is 21.6 Å². The van der Waals surface area contributed by atoms with Crippen molar-refractivity contribution in [2.24, 2.45) is 10.9 Å². The van der Waals surface area contributed by atoms with Crippen LogP contribution in [0.1, 0.15) is 22.4 Å². The summed E-state index contributed by atoms with van der Waals surface area (Å²) in [6.07, 6.45) is -3.00. The van der Waals surface area contributed by atoms with Crippen LogP contribution in [0.15, 0.2) is 29.3 Å². The molecule has 0 fully saturated rings. The lowest BCUT2D eigenvalue weighted by atomic mass is 9.97. The number of rotatable bonds is 6. The summed E-state index contributed by atoms with van der Waals surface area (Å²) in [5.41, 5.74) is 11.4. The van der Waals surface area contributed by atoms with Crippen molar-refractivity contribution < 1.29 is 21.6 Å². The minimum atomic E-state index is -4.96. The Hall–Kier alpha value is -3.10. The van der Waals surface area contributed by atoms with Gasteiger partial charge < -0.3 is 11.5 Å². The number of hydrogen-bond donors (Lipinski definition) is 4. The van der Waals surface area contributed by atoms with Crippen LogP contribution in [0.25, 0.3) is 11.4 Å². The lowest BCUT2D eigenvalue weighted by molar-refractivity contribution is -0.139. The summed E-state index contributed by atoms with van der Waals surface area (Å²) >= 11 is 0. The Labute approximate surface area is 168 Å². The van der Waals surface area contributed by atoms with Gasteiger partial charge >= 0.3 is 6.18 Å². The molecule has 1 aromatic carbocycles. The monoisotopic (exact) mass is 442 g/mol. The first-order valence-corrected chi connectivity index (χ1v) is 10.00. The number of nitrogens with two attached hydrogens (primary N) is 3. The number of nitrogens with one attached hydrogen (secondary N) is 1. The molecule has 2 heterocycles. The third-order valence-corrected chi connectivity index (χ3v) is 5.33. The van der Waals surface area contributed by atoms with Crippen molar-refractivity contribution >= 4 is 15.7 Å². The maximum absolute atomic E-state index is 13.5. The number of tetrazole rings is 1. The van der Waals surface area contributed by atoms with Gasteiger partial charge in [-0.3, -0.25) is 4.98 Å². The largest absolute Gasteiger partial charge is 0.417 e. The zero-order valence-corrected chi connectivity index (χ0v) is 16.1. The highest BCUT2D eigenvalue weighted by molar-refractivity contribution is 7.89. The zero-order chi connectivity index (χ0) is 22.1.